The van der Waals surface area contributed by atoms with Gasteiger partial charge in [-0.2, -0.15) is 0 Å². The summed E-state index contributed by atoms with van der Waals surface area (Å²) in [5.74, 6) is -0.142. The topological polar surface area (TPSA) is 42.0 Å². The molecule has 0 saturated carbocycles. The van der Waals surface area contributed by atoms with E-state index in [4.69, 9.17) is 0 Å². The van der Waals surface area contributed by atoms with E-state index in [0.29, 0.717) is 5.56 Å². The molecule has 3 nitrogen and oxygen atoms in total. The molecule has 0 aliphatic heterocycles. The molecule has 3 rings (SSSR count). The van der Waals surface area contributed by atoms with Gasteiger partial charge in [-0.3, -0.25) is 9.78 Å². The van der Waals surface area contributed by atoms with Crippen LogP contribution in [0.2, 0.25) is 0 Å². The number of pyridine rings is 1. The van der Waals surface area contributed by atoms with Crippen molar-refractivity contribution in [3.8, 4) is 0 Å². The molecule has 0 unspecified atom stereocenters. The Balaban J connectivity index is 1.99. The van der Waals surface area contributed by atoms with E-state index in [0.717, 1.165) is 24.5 Å². The smallest absolute Gasteiger partial charge is 0.256 e. The summed E-state index contributed by atoms with van der Waals surface area (Å²) in [4.78, 5) is 16.6. The number of fused-ring (bicyclic) bond motifs is 1. The van der Waals surface area contributed by atoms with Crippen LogP contribution in [0, 0.1) is 3.57 Å². The van der Waals surface area contributed by atoms with Gasteiger partial charge in [0.15, 0.2) is 0 Å². The highest BCUT2D eigenvalue weighted by Crippen LogP contribution is 2.25. The van der Waals surface area contributed by atoms with Crippen LogP contribution in [0.25, 0.3) is 10.8 Å². The van der Waals surface area contributed by atoms with Gasteiger partial charge in [-0.05, 0) is 74.2 Å². The van der Waals surface area contributed by atoms with E-state index >= 15 is 0 Å². The number of hydrogen-bond donors (Lipinski definition) is 1. The Bertz CT molecular complexity index is 830. The summed E-state index contributed by atoms with van der Waals surface area (Å²) < 4.78 is 1.79. The Labute approximate surface area is 144 Å². The van der Waals surface area contributed by atoms with Crippen LogP contribution in [0.4, 0.5) is 5.69 Å². The minimum absolute atomic E-state index is 0.142. The van der Waals surface area contributed by atoms with E-state index in [9.17, 15) is 4.79 Å². The first-order chi connectivity index (χ1) is 10.1. The van der Waals surface area contributed by atoms with Crippen molar-refractivity contribution in [1.29, 1.82) is 0 Å². The van der Waals surface area contributed by atoms with Crippen LogP contribution >= 0.6 is 38.5 Å². The van der Waals surface area contributed by atoms with Crippen molar-refractivity contribution < 1.29 is 4.79 Å². The molecule has 1 N–H and O–H groups in total. The van der Waals surface area contributed by atoms with Gasteiger partial charge in [0.25, 0.3) is 5.91 Å². The van der Waals surface area contributed by atoms with E-state index in [1.165, 1.54) is 0 Å². The lowest BCUT2D eigenvalue weighted by Gasteiger charge is -2.10. The summed E-state index contributed by atoms with van der Waals surface area (Å²) in [5, 5.41) is 4.93. The van der Waals surface area contributed by atoms with Gasteiger partial charge in [-0.15, -0.1) is 0 Å². The van der Waals surface area contributed by atoms with Gasteiger partial charge in [-0.1, -0.05) is 12.1 Å². The number of rotatable bonds is 2. The Morgan fingerprint density at radius 2 is 2.05 bits per heavy atom. The van der Waals surface area contributed by atoms with E-state index in [1.54, 1.807) is 12.4 Å². The van der Waals surface area contributed by atoms with Crippen molar-refractivity contribution in [1.82, 2.24) is 4.98 Å². The number of nitrogens with zero attached hydrogens (tertiary/aromatic N) is 1. The van der Waals surface area contributed by atoms with Gasteiger partial charge in [0.2, 0.25) is 0 Å². The molecule has 0 spiro atoms. The molecule has 0 aliphatic carbocycles. The van der Waals surface area contributed by atoms with Gasteiger partial charge in [0, 0.05) is 25.8 Å². The molecule has 1 amide bonds. The Morgan fingerprint density at radius 1 is 1.19 bits per heavy atom. The summed E-state index contributed by atoms with van der Waals surface area (Å²) in [6, 6.07) is 13.4. The van der Waals surface area contributed by atoms with Crippen LogP contribution in [0.15, 0.2) is 59.3 Å². The molecule has 104 valence electrons. The number of hydrogen-bond acceptors (Lipinski definition) is 2. The second-order valence-electron chi connectivity index (χ2n) is 4.48. The maximum Gasteiger partial charge on any atom is 0.256 e. The lowest BCUT2D eigenvalue weighted by Crippen LogP contribution is -2.13. The number of halogens is 2. The first-order valence-corrected chi connectivity index (χ1v) is 8.11. The third-order valence-corrected chi connectivity index (χ3v) is 4.47. The quantitative estimate of drug-likeness (QED) is 0.564. The van der Waals surface area contributed by atoms with Crippen molar-refractivity contribution in [2.24, 2.45) is 0 Å². The monoisotopic (exact) mass is 452 g/mol. The normalized spacial score (nSPS) is 10.6. The molecular weight excluding hydrogens is 443 g/mol. The molecule has 0 atom stereocenters. The third kappa shape index (κ3) is 3.08. The van der Waals surface area contributed by atoms with E-state index < -0.39 is 0 Å². The second kappa shape index (κ2) is 6.11. The predicted octanol–water partition coefficient (Wildman–Crippen LogP) is 4.85. The minimum atomic E-state index is -0.142. The maximum absolute atomic E-state index is 12.5. The van der Waals surface area contributed by atoms with Gasteiger partial charge in [0.1, 0.15) is 0 Å². The highest BCUT2D eigenvalue weighted by Gasteiger charge is 2.12. The molecule has 2 aromatic carbocycles. The van der Waals surface area contributed by atoms with Crippen LogP contribution in [0.5, 0.6) is 0 Å². The second-order valence-corrected chi connectivity index (χ2v) is 6.58. The fourth-order valence-electron chi connectivity index (χ4n) is 2.08. The zero-order valence-electron chi connectivity index (χ0n) is 10.8. The molecule has 0 saturated heterocycles. The predicted molar refractivity (Wildman–Crippen MR) is 96.6 cm³/mol. The van der Waals surface area contributed by atoms with Crippen molar-refractivity contribution in [2.75, 3.05) is 5.32 Å². The van der Waals surface area contributed by atoms with Crippen molar-refractivity contribution in [2.45, 2.75) is 0 Å². The molecule has 21 heavy (non-hydrogen) atoms. The largest absolute Gasteiger partial charge is 0.321 e. The summed E-state index contributed by atoms with van der Waals surface area (Å²) in [6.07, 6.45) is 3.50. The average molecular weight is 453 g/mol. The highest BCUT2D eigenvalue weighted by molar-refractivity contribution is 14.1. The van der Waals surface area contributed by atoms with E-state index in [1.807, 2.05) is 42.5 Å². The lowest BCUT2D eigenvalue weighted by molar-refractivity contribution is 0.102. The lowest BCUT2D eigenvalue weighted by atomic mass is 10.1. The Morgan fingerprint density at radius 3 is 2.90 bits per heavy atom. The summed E-state index contributed by atoms with van der Waals surface area (Å²) in [7, 11) is 0. The van der Waals surface area contributed by atoms with Crippen LogP contribution in [0.3, 0.4) is 0 Å². The zero-order valence-corrected chi connectivity index (χ0v) is 14.6. The van der Waals surface area contributed by atoms with Gasteiger partial charge in [-0.25, -0.2) is 0 Å². The first-order valence-electron chi connectivity index (χ1n) is 6.24. The number of carbonyl (C=O) groups is 1. The fourth-order valence-corrected chi connectivity index (χ4v) is 3.00. The Hall–Kier alpha value is -1.47. The SMILES string of the molecule is O=C(Nc1cccc2ccncc12)c1cc(I)ccc1Br. The fraction of sp³-hybridized carbons (Fsp3) is 0. The number of carbonyl (C=O) groups excluding carboxylic acids is 1. The molecule has 5 heteroatoms. The van der Waals surface area contributed by atoms with Crippen LogP contribution in [0.1, 0.15) is 10.4 Å². The Kier molecular flexibility index (Phi) is 4.21. The zero-order chi connectivity index (χ0) is 14.8. The molecule has 1 aromatic heterocycles. The molecule has 3 aromatic rings. The number of nitrogens with one attached hydrogen (secondary N) is 1. The summed E-state index contributed by atoms with van der Waals surface area (Å²) in [6.45, 7) is 0. The molecule has 0 fully saturated rings. The van der Waals surface area contributed by atoms with Gasteiger partial charge < -0.3 is 5.32 Å². The molecule has 0 bridgehead atoms. The maximum atomic E-state index is 12.5. The third-order valence-electron chi connectivity index (χ3n) is 3.10. The van der Waals surface area contributed by atoms with Gasteiger partial charge >= 0.3 is 0 Å². The van der Waals surface area contributed by atoms with Crippen LogP contribution in [-0.2, 0) is 0 Å². The first kappa shape index (κ1) is 14.5. The minimum Gasteiger partial charge on any atom is -0.321 e. The average Bonchev–Trinajstić information content (AvgIpc) is 2.50. The number of aromatic nitrogens is 1. The molecule has 1 heterocycles. The number of anilines is 1. The number of amides is 1. The standard InChI is InChI=1S/C16H10BrIN2O/c17-14-5-4-11(18)8-12(14)16(21)20-15-3-1-2-10-6-7-19-9-13(10)15/h1-9H,(H,20,21). The molecule has 0 aliphatic rings. The van der Waals surface area contributed by atoms with Crippen LogP contribution < -0.4 is 5.32 Å². The van der Waals surface area contributed by atoms with Crippen molar-refractivity contribution in [3.05, 3.63) is 68.5 Å². The van der Waals surface area contributed by atoms with Crippen LogP contribution in [-0.4, -0.2) is 10.9 Å². The van der Waals surface area contributed by atoms with E-state index in [-0.39, 0.29) is 5.91 Å². The number of benzene rings is 2. The van der Waals surface area contributed by atoms with Gasteiger partial charge in [0.05, 0.1) is 11.3 Å². The molecular formula is C16H10BrIN2O. The van der Waals surface area contributed by atoms with E-state index in [2.05, 4.69) is 48.8 Å². The molecule has 0 radical (unpaired) electrons. The summed E-state index contributed by atoms with van der Waals surface area (Å²) >= 11 is 5.61. The highest BCUT2D eigenvalue weighted by atomic mass is 127. The summed E-state index contributed by atoms with van der Waals surface area (Å²) in [5.41, 5.74) is 1.37. The van der Waals surface area contributed by atoms with Crippen molar-refractivity contribution >= 4 is 60.9 Å². The van der Waals surface area contributed by atoms with Crippen molar-refractivity contribution in [3.63, 3.8) is 0 Å².